The minimum Gasteiger partial charge on any atom is -0.493 e. The van der Waals surface area contributed by atoms with Crippen LogP contribution in [0.25, 0.3) is 16.8 Å². The Labute approximate surface area is 180 Å². The molecular weight excluding hydrogens is 418 g/mol. The van der Waals surface area contributed by atoms with Crippen molar-refractivity contribution in [2.75, 3.05) is 13.7 Å². The first kappa shape index (κ1) is 21.9. The Morgan fingerprint density at radius 2 is 1.81 bits per heavy atom. The quantitative estimate of drug-likeness (QED) is 0.237. The lowest BCUT2D eigenvalue weighted by Gasteiger charge is -2.13. The summed E-state index contributed by atoms with van der Waals surface area (Å²) in [5.41, 5.74) is 0.248. The van der Waals surface area contributed by atoms with E-state index in [0.29, 0.717) is 10.9 Å². The van der Waals surface area contributed by atoms with Gasteiger partial charge in [0.2, 0.25) is 0 Å². The zero-order valence-corrected chi connectivity index (χ0v) is 17.7. The highest BCUT2D eigenvalue weighted by molar-refractivity contribution is 7.87. The molecule has 7 nitrogen and oxygen atoms in total. The highest BCUT2D eigenvalue weighted by Crippen LogP contribution is 2.33. The van der Waals surface area contributed by atoms with Gasteiger partial charge in [0.15, 0.2) is 11.5 Å². The third-order valence-corrected chi connectivity index (χ3v) is 5.63. The second-order valence-electron chi connectivity index (χ2n) is 6.32. The molecule has 0 saturated heterocycles. The van der Waals surface area contributed by atoms with Crippen LogP contribution in [0.5, 0.6) is 11.5 Å². The molecule has 0 aliphatic rings. The first-order chi connectivity index (χ1) is 14.9. The van der Waals surface area contributed by atoms with Gasteiger partial charge in [-0.2, -0.15) is 13.7 Å². The lowest BCUT2D eigenvalue weighted by Crippen LogP contribution is -2.11. The zero-order valence-electron chi connectivity index (χ0n) is 16.9. The van der Waals surface area contributed by atoms with E-state index >= 15 is 0 Å². The summed E-state index contributed by atoms with van der Waals surface area (Å²) in [7, 11) is -2.80. The molecule has 31 heavy (non-hydrogen) atoms. The van der Waals surface area contributed by atoms with Crippen molar-refractivity contribution >= 4 is 32.9 Å². The van der Waals surface area contributed by atoms with E-state index in [4.69, 9.17) is 13.7 Å². The maximum absolute atomic E-state index is 13.0. The summed E-state index contributed by atoms with van der Waals surface area (Å²) < 4.78 is 41.4. The number of ether oxygens (including phenoxy) is 2. The van der Waals surface area contributed by atoms with Gasteiger partial charge < -0.3 is 13.7 Å². The summed E-state index contributed by atoms with van der Waals surface area (Å²) in [4.78, 5) is 11.8. The normalized spacial score (nSPS) is 11.6. The van der Waals surface area contributed by atoms with Crippen molar-refractivity contribution in [2.24, 2.45) is 0 Å². The Bertz CT molecular complexity index is 1300. The molecule has 8 heteroatoms. The minimum absolute atomic E-state index is 0.0257. The molecule has 0 aliphatic heterocycles. The molecule has 0 aliphatic carbocycles. The van der Waals surface area contributed by atoms with Crippen molar-refractivity contribution in [1.82, 2.24) is 0 Å². The van der Waals surface area contributed by atoms with Crippen molar-refractivity contribution in [2.45, 2.75) is 11.8 Å². The first-order valence-corrected chi connectivity index (χ1v) is 10.7. The molecule has 3 aromatic rings. The average molecular weight is 437 g/mol. The van der Waals surface area contributed by atoms with Crippen LogP contribution in [-0.4, -0.2) is 28.1 Å². The van der Waals surface area contributed by atoms with Crippen molar-refractivity contribution in [3.05, 3.63) is 71.8 Å². The van der Waals surface area contributed by atoms with Crippen LogP contribution in [0.1, 0.15) is 12.5 Å². The minimum atomic E-state index is -4.16. The number of rotatable bonds is 7. The summed E-state index contributed by atoms with van der Waals surface area (Å²) >= 11 is 0. The highest BCUT2D eigenvalue weighted by Gasteiger charge is 2.22. The molecule has 0 aromatic heterocycles. The topological polar surface area (TPSA) is 103 Å². The predicted octanol–water partition coefficient (Wildman–Crippen LogP) is 4.09. The van der Waals surface area contributed by atoms with Crippen LogP contribution in [0, 0.1) is 11.3 Å². The number of esters is 1. The third-order valence-electron chi connectivity index (χ3n) is 4.33. The second kappa shape index (κ2) is 9.32. The molecule has 0 amide bonds. The molecule has 0 N–H and O–H groups in total. The van der Waals surface area contributed by atoms with E-state index in [9.17, 15) is 18.5 Å². The molecule has 3 aromatic carbocycles. The molecule has 0 heterocycles. The predicted molar refractivity (Wildman–Crippen MR) is 115 cm³/mol. The monoisotopic (exact) mass is 437 g/mol. The van der Waals surface area contributed by atoms with E-state index in [-0.39, 0.29) is 28.6 Å². The van der Waals surface area contributed by atoms with Gasteiger partial charge in [-0.25, -0.2) is 4.79 Å². The van der Waals surface area contributed by atoms with E-state index in [1.54, 1.807) is 31.2 Å². The molecular formula is C23H19NO6S. The number of nitriles is 1. The maximum atomic E-state index is 13.0. The third kappa shape index (κ3) is 4.85. The van der Waals surface area contributed by atoms with Crippen LogP contribution < -0.4 is 8.92 Å². The SMILES string of the molecule is CCOC(=O)/C(C#N)=C\c1ccc(OS(=O)(=O)c2cccc3ccccc23)c(OC)c1. The Hall–Kier alpha value is -3.83. The van der Waals surface area contributed by atoms with Gasteiger partial charge in [-0.3, -0.25) is 0 Å². The number of carbonyl (C=O) groups excluding carboxylic acids is 1. The van der Waals surface area contributed by atoms with Gasteiger partial charge in [-0.1, -0.05) is 42.5 Å². The van der Waals surface area contributed by atoms with E-state index < -0.39 is 16.1 Å². The lowest BCUT2D eigenvalue weighted by atomic mass is 10.1. The fraction of sp³-hybridized carbons (Fsp3) is 0.130. The Balaban J connectivity index is 1.97. The smallest absolute Gasteiger partial charge is 0.348 e. The second-order valence-corrected chi connectivity index (χ2v) is 7.83. The summed E-state index contributed by atoms with van der Waals surface area (Å²) in [5.74, 6) is -0.649. The van der Waals surface area contributed by atoms with Gasteiger partial charge in [0.25, 0.3) is 0 Å². The Morgan fingerprint density at radius 1 is 1.06 bits per heavy atom. The van der Waals surface area contributed by atoms with Crippen LogP contribution >= 0.6 is 0 Å². The van der Waals surface area contributed by atoms with Crippen molar-refractivity contribution in [3.63, 3.8) is 0 Å². The standard InChI is InChI=1S/C23H19NO6S/c1-3-29-23(25)18(15-24)13-16-11-12-20(21(14-16)28-2)30-31(26,27)22-10-6-8-17-7-4-5-9-19(17)22/h4-14H,3H2,1-2H3/b18-13-. The van der Waals surface area contributed by atoms with Crippen molar-refractivity contribution in [3.8, 4) is 17.6 Å². The summed E-state index contributed by atoms with van der Waals surface area (Å²) in [6.45, 7) is 1.78. The van der Waals surface area contributed by atoms with Crippen LogP contribution in [0.3, 0.4) is 0 Å². The van der Waals surface area contributed by atoms with E-state index in [1.165, 1.54) is 37.5 Å². The zero-order chi connectivity index (χ0) is 22.4. The number of methoxy groups -OCH3 is 1. The largest absolute Gasteiger partial charge is 0.493 e. The van der Waals surface area contributed by atoms with Crippen molar-refractivity contribution in [1.29, 1.82) is 5.26 Å². The number of hydrogen-bond donors (Lipinski definition) is 0. The highest BCUT2D eigenvalue weighted by atomic mass is 32.2. The van der Waals surface area contributed by atoms with Gasteiger partial charge in [0.1, 0.15) is 16.5 Å². The Kier molecular flexibility index (Phi) is 6.58. The summed E-state index contributed by atoms with van der Waals surface area (Å²) in [5, 5.41) is 10.5. The average Bonchev–Trinajstić information content (AvgIpc) is 2.77. The van der Waals surface area contributed by atoms with Gasteiger partial charge in [-0.05, 0) is 42.1 Å². The molecule has 0 saturated carbocycles. The lowest BCUT2D eigenvalue weighted by molar-refractivity contribution is -0.137. The fourth-order valence-electron chi connectivity index (χ4n) is 2.93. The van der Waals surface area contributed by atoms with E-state index in [2.05, 4.69) is 0 Å². The fourth-order valence-corrected chi connectivity index (χ4v) is 4.10. The van der Waals surface area contributed by atoms with Gasteiger partial charge in [0, 0.05) is 5.39 Å². The number of carbonyl (C=O) groups is 1. The number of benzene rings is 3. The molecule has 158 valence electrons. The van der Waals surface area contributed by atoms with Gasteiger partial charge in [-0.15, -0.1) is 0 Å². The molecule has 0 spiro atoms. The maximum Gasteiger partial charge on any atom is 0.348 e. The van der Waals surface area contributed by atoms with E-state index in [1.807, 2.05) is 18.2 Å². The van der Waals surface area contributed by atoms with Crippen molar-refractivity contribution < 1.29 is 26.9 Å². The summed E-state index contributed by atoms with van der Waals surface area (Å²) in [6, 6.07) is 18.2. The Morgan fingerprint density at radius 3 is 2.52 bits per heavy atom. The van der Waals surface area contributed by atoms with Gasteiger partial charge in [0.05, 0.1) is 13.7 Å². The van der Waals surface area contributed by atoms with Crippen LogP contribution in [0.4, 0.5) is 0 Å². The van der Waals surface area contributed by atoms with Crippen LogP contribution in [-0.2, 0) is 19.6 Å². The molecule has 0 radical (unpaired) electrons. The molecule has 0 fully saturated rings. The number of hydrogen-bond acceptors (Lipinski definition) is 7. The van der Waals surface area contributed by atoms with Gasteiger partial charge >= 0.3 is 16.1 Å². The number of fused-ring (bicyclic) bond motifs is 1. The molecule has 0 unspecified atom stereocenters. The summed E-state index contributed by atoms with van der Waals surface area (Å²) in [6.07, 6.45) is 1.32. The number of nitrogens with zero attached hydrogens (tertiary/aromatic N) is 1. The first-order valence-electron chi connectivity index (χ1n) is 9.29. The van der Waals surface area contributed by atoms with Crippen LogP contribution in [0.15, 0.2) is 71.1 Å². The molecule has 3 rings (SSSR count). The molecule has 0 atom stereocenters. The van der Waals surface area contributed by atoms with E-state index in [0.717, 1.165) is 5.39 Å². The molecule has 0 bridgehead atoms. The van der Waals surface area contributed by atoms with Crippen LogP contribution in [0.2, 0.25) is 0 Å².